The van der Waals surface area contributed by atoms with Crippen LogP contribution in [0.3, 0.4) is 0 Å². The van der Waals surface area contributed by atoms with Gasteiger partial charge in [-0.2, -0.15) is 0 Å². The molecular formula is C12H15BrN2O3. The summed E-state index contributed by atoms with van der Waals surface area (Å²) >= 11 is 3.21. The lowest BCUT2D eigenvalue weighted by Crippen LogP contribution is -2.44. The van der Waals surface area contributed by atoms with Gasteiger partial charge in [-0.1, -0.05) is 15.9 Å². The summed E-state index contributed by atoms with van der Waals surface area (Å²) in [7, 11) is 0. The molecule has 1 atom stereocenters. The summed E-state index contributed by atoms with van der Waals surface area (Å²) in [6.45, 7) is 3.88. The number of amides is 2. The maximum absolute atomic E-state index is 11.9. The molecule has 1 unspecified atom stereocenters. The molecule has 0 saturated heterocycles. The molecule has 6 heteroatoms. The second kappa shape index (κ2) is 6.39. The topological polar surface area (TPSA) is 78.4 Å². The monoisotopic (exact) mass is 314 g/mol. The maximum atomic E-state index is 11.9. The van der Waals surface area contributed by atoms with E-state index < -0.39 is 11.9 Å². The maximum Gasteiger partial charge on any atom is 0.255 e. The van der Waals surface area contributed by atoms with Crippen LogP contribution in [0.25, 0.3) is 0 Å². The molecule has 0 bridgehead atoms. The molecule has 2 amide bonds. The Labute approximate surface area is 114 Å². The number of likely N-dealkylation sites (N-methyl/N-ethyl adjacent to an activating group) is 1. The van der Waals surface area contributed by atoms with E-state index in [1.54, 1.807) is 19.9 Å². The molecule has 0 aliphatic carbocycles. The first-order chi connectivity index (χ1) is 8.45. The molecule has 0 saturated carbocycles. The number of halogens is 1. The van der Waals surface area contributed by atoms with Crippen LogP contribution in [0.5, 0.6) is 5.75 Å². The standard InChI is InChI=1S/C12H15BrN2O3/c1-3-14-11(17)7(2)15-12(18)9-6-8(13)4-5-10(9)16/h4-7,16H,3H2,1-2H3,(H,14,17)(H,15,18). The fourth-order valence-corrected chi connectivity index (χ4v) is 1.72. The highest BCUT2D eigenvalue weighted by atomic mass is 79.9. The highest BCUT2D eigenvalue weighted by Crippen LogP contribution is 2.21. The summed E-state index contributed by atoms with van der Waals surface area (Å²) in [5.74, 6) is -0.883. The summed E-state index contributed by atoms with van der Waals surface area (Å²) in [4.78, 5) is 23.3. The number of benzene rings is 1. The summed E-state index contributed by atoms with van der Waals surface area (Å²) in [5.41, 5.74) is 0.125. The van der Waals surface area contributed by atoms with Crippen LogP contribution in [0.15, 0.2) is 22.7 Å². The number of phenolic OH excluding ortho intramolecular Hbond substituents is 1. The van der Waals surface area contributed by atoms with Gasteiger partial charge in [0.05, 0.1) is 5.56 Å². The first-order valence-electron chi connectivity index (χ1n) is 5.52. The highest BCUT2D eigenvalue weighted by molar-refractivity contribution is 9.10. The van der Waals surface area contributed by atoms with Crippen molar-refractivity contribution in [1.82, 2.24) is 10.6 Å². The zero-order valence-electron chi connectivity index (χ0n) is 10.2. The van der Waals surface area contributed by atoms with Crippen LogP contribution in [-0.4, -0.2) is 29.5 Å². The van der Waals surface area contributed by atoms with E-state index in [1.165, 1.54) is 12.1 Å². The van der Waals surface area contributed by atoms with E-state index in [-0.39, 0.29) is 17.2 Å². The normalized spacial score (nSPS) is 11.7. The fourth-order valence-electron chi connectivity index (χ4n) is 1.36. The molecule has 0 heterocycles. The van der Waals surface area contributed by atoms with Crippen LogP contribution >= 0.6 is 15.9 Å². The van der Waals surface area contributed by atoms with E-state index in [2.05, 4.69) is 26.6 Å². The predicted molar refractivity (Wildman–Crippen MR) is 71.4 cm³/mol. The number of hydrogen-bond donors (Lipinski definition) is 3. The van der Waals surface area contributed by atoms with Crippen LogP contribution in [0, 0.1) is 0 Å². The smallest absolute Gasteiger partial charge is 0.255 e. The van der Waals surface area contributed by atoms with Crippen molar-refractivity contribution >= 4 is 27.7 Å². The lowest BCUT2D eigenvalue weighted by molar-refractivity contribution is -0.122. The number of hydrogen-bond acceptors (Lipinski definition) is 3. The van der Waals surface area contributed by atoms with Gasteiger partial charge >= 0.3 is 0 Å². The van der Waals surface area contributed by atoms with Crippen molar-refractivity contribution < 1.29 is 14.7 Å². The number of carbonyl (C=O) groups is 2. The number of aromatic hydroxyl groups is 1. The fraction of sp³-hybridized carbons (Fsp3) is 0.333. The van der Waals surface area contributed by atoms with E-state index in [4.69, 9.17) is 0 Å². The summed E-state index contributed by atoms with van der Waals surface area (Å²) < 4.78 is 0.677. The minimum Gasteiger partial charge on any atom is -0.507 e. The van der Waals surface area contributed by atoms with Crippen molar-refractivity contribution in [1.29, 1.82) is 0 Å². The van der Waals surface area contributed by atoms with Gasteiger partial charge in [-0.15, -0.1) is 0 Å². The second-order valence-electron chi connectivity index (χ2n) is 3.75. The third-order valence-corrected chi connectivity index (χ3v) is 2.79. The Morgan fingerprint density at radius 2 is 2.11 bits per heavy atom. The van der Waals surface area contributed by atoms with Crippen molar-refractivity contribution in [3.05, 3.63) is 28.2 Å². The largest absolute Gasteiger partial charge is 0.507 e. The third kappa shape index (κ3) is 3.73. The minimum atomic E-state index is -0.657. The zero-order valence-corrected chi connectivity index (χ0v) is 11.7. The van der Waals surface area contributed by atoms with Crippen LogP contribution in [0.4, 0.5) is 0 Å². The Morgan fingerprint density at radius 1 is 1.44 bits per heavy atom. The molecule has 1 aromatic rings. The molecule has 0 aliphatic rings. The van der Waals surface area contributed by atoms with Gasteiger partial charge in [-0.3, -0.25) is 9.59 Å². The molecule has 0 aliphatic heterocycles. The molecule has 1 rings (SSSR count). The van der Waals surface area contributed by atoms with Gasteiger partial charge in [0.15, 0.2) is 0 Å². The summed E-state index contributed by atoms with van der Waals surface area (Å²) in [6, 6.07) is 3.88. The highest BCUT2D eigenvalue weighted by Gasteiger charge is 2.18. The van der Waals surface area contributed by atoms with E-state index >= 15 is 0 Å². The number of phenols is 1. The Bertz CT molecular complexity index is 463. The molecule has 0 spiro atoms. The van der Waals surface area contributed by atoms with Gasteiger partial charge in [-0.25, -0.2) is 0 Å². The van der Waals surface area contributed by atoms with Crippen molar-refractivity contribution in [3.8, 4) is 5.75 Å². The van der Waals surface area contributed by atoms with E-state index in [9.17, 15) is 14.7 Å². The molecule has 0 radical (unpaired) electrons. The van der Waals surface area contributed by atoms with Gasteiger partial charge in [0.2, 0.25) is 5.91 Å². The van der Waals surface area contributed by atoms with Gasteiger partial charge in [0.1, 0.15) is 11.8 Å². The second-order valence-corrected chi connectivity index (χ2v) is 4.67. The molecular weight excluding hydrogens is 300 g/mol. The van der Waals surface area contributed by atoms with Crippen molar-refractivity contribution in [2.75, 3.05) is 6.54 Å². The van der Waals surface area contributed by atoms with E-state index in [0.717, 1.165) is 0 Å². The van der Waals surface area contributed by atoms with Gasteiger partial charge in [0.25, 0.3) is 5.91 Å². The number of carbonyl (C=O) groups excluding carboxylic acids is 2. The average molecular weight is 315 g/mol. The first-order valence-corrected chi connectivity index (χ1v) is 6.32. The predicted octanol–water partition coefficient (Wildman–Crippen LogP) is 1.41. The Balaban J connectivity index is 2.76. The summed E-state index contributed by atoms with van der Waals surface area (Å²) in [5, 5.41) is 14.7. The van der Waals surface area contributed by atoms with Crippen molar-refractivity contribution in [3.63, 3.8) is 0 Å². The number of rotatable bonds is 4. The number of nitrogens with one attached hydrogen (secondary N) is 2. The molecule has 5 nitrogen and oxygen atoms in total. The average Bonchev–Trinajstić information content (AvgIpc) is 2.32. The lowest BCUT2D eigenvalue weighted by Gasteiger charge is -2.14. The van der Waals surface area contributed by atoms with E-state index in [1.807, 2.05) is 0 Å². The van der Waals surface area contributed by atoms with Crippen LogP contribution in [-0.2, 0) is 4.79 Å². The van der Waals surface area contributed by atoms with Crippen molar-refractivity contribution in [2.45, 2.75) is 19.9 Å². The minimum absolute atomic E-state index is 0.125. The van der Waals surface area contributed by atoms with Crippen LogP contribution in [0.2, 0.25) is 0 Å². The van der Waals surface area contributed by atoms with Crippen LogP contribution < -0.4 is 10.6 Å². The third-order valence-electron chi connectivity index (χ3n) is 2.30. The quantitative estimate of drug-likeness (QED) is 0.786. The molecule has 18 heavy (non-hydrogen) atoms. The molecule has 98 valence electrons. The molecule has 0 aromatic heterocycles. The Kier molecular flexibility index (Phi) is 5.15. The van der Waals surface area contributed by atoms with Crippen molar-refractivity contribution in [2.24, 2.45) is 0 Å². The molecule has 0 fully saturated rings. The van der Waals surface area contributed by atoms with E-state index in [0.29, 0.717) is 11.0 Å². The van der Waals surface area contributed by atoms with Gasteiger partial charge in [0, 0.05) is 11.0 Å². The van der Waals surface area contributed by atoms with Gasteiger partial charge in [-0.05, 0) is 32.0 Å². The summed E-state index contributed by atoms with van der Waals surface area (Å²) in [6.07, 6.45) is 0. The SMILES string of the molecule is CCNC(=O)C(C)NC(=O)c1cc(Br)ccc1O. The Hall–Kier alpha value is -1.56. The van der Waals surface area contributed by atoms with Crippen LogP contribution in [0.1, 0.15) is 24.2 Å². The van der Waals surface area contributed by atoms with Gasteiger partial charge < -0.3 is 15.7 Å². The molecule has 3 N–H and O–H groups in total. The zero-order chi connectivity index (χ0) is 13.7. The Morgan fingerprint density at radius 3 is 2.72 bits per heavy atom. The lowest BCUT2D eigenvalue weighted by atomic mass is 10.1. The first kappa shape index (κ1) is 14.5. The molecule has 1 aromatic carbocycles.